The van der Waals surface area contributed by atoms with Crippen LogP contribution in [0.3, 0.4) is 0 Å². The van der Waals surface area contributed by atoms with Crippen LogP contribution in [0.15, 0.2) is 30.3 Å². The second-order valence-corrected chi connectivity index (χ2v) is 7.21. The van der Waals surface area contributed by atoms with Gasteiger partial charge in [-0.2, -0.15) is 0 Å². The van der Waals surface area contributed by atoms with Crippen molar-refractivity contribution in [3.05, 3.63) is 35.9 Å². The highest BCUT2D eigenvalue weighted by Gasteiger charge is 2.32. The number of amides is 2. The first-order valence-electron chi connectivity index (χ1n) is 9.31. The van der Waals surface area contributed by atoms with Gasteiger partial charge in [0.15, 0.2) is 0 Å². The zero-order valence-electron chi connectivity index (χ0n) is 15.3. The fourth-order valence-electron chi connectivity index (χ4n) is 3.26. The van der Waals surface area contributed by atoms with E-state index in [1.54, 1.807) is 24.3 Å². The monoisotopic (exact) mass is 346 g/mol. The molecule has 3 N–H and O–H groups in total. The van der Waals surface area contributed by atoms with Gasteiger partial charge in [0.05, 0.1) is 5.60 Å². The summed E-state index contributed by atoms with van der Waals surface area (Å²) >= 11 is 0. The summed E-state index contributed by atoms with van der Waals surface area (Å²) < 4.78 is 0. The Balaban J connectivity index is 1.98. The van der Waals surface area contributed by atoms with Crippen molar-refractivity contribution in [3.8, 4) is 0 Å². The molecular formula is C20H30N2O3. The number of nitrogens with one attached hydrogen (secondary N) is 2. The molecule has 0 aromatic heterocycles. The third-order valence-electron chi connectivity index (χ3n) is 5.19. The Bertz CT molecular complexity index is 568. The predicted molar refractivity (Wildman–Crippen MR) is 98.2 cm³/mol. The van der Waals surface area contributed by atoms with Crippen LogP contribution in [0, 0.1) is 5.92 Å². The Morgan fingerprint density at radius 3 is 2.40 bits per heavy atom. The highest BCUT2D eigenvalue weighted by atomic mass is 16.3. The standard InChI is InChI=1S/C20H30N2O3/c1-3-15(2)17(22-18(23)16-10-6-4-7-11-16)19(24)21-14-20(25)12-8-5-9-13-20/h4,6-7,10-11,15,17,25H,3,5,8-9,12-14H2,1-2H3,(H,21,24)(H,22,23). The number of hydrogen-bond donors (Lipinski definition) is 3. The van der Waals surface area contributed by atoms with Crippen molar-refractivity contribution in [1.29, 1.82) is 0 Å². The lowest BCUT2D eigenvalue weighted by Gasteiger charge is -2.33. The van der Waals surface area contributed by atoms with E-state index in [-0.39, 0.29) is 24.3 Å². The molecule has 1 fully saturated rings. The van der Waals surface area contributed by atoms with Gasteiger partial charge in [0.2, 0.25) is 5.91 Å². The molecule has 0 aliphatic heterocycles. The molecule has 5 nitrogen and oxygen atoms in total. The van der Waals surface area contributed by atoms with Crippen LogP contribution in [0.1, 0.15) is 62.7 Å². The molecule has 1 aromatic rings. The highest BCUT2D eigenvalue weighted by Crippen LogP contribution is 2.27. The Morgan fingerprint density at radius 2 is 1.80 bits per heavy atom. The van der Waals surface area contributed by atoms with Crippen molar-refractivity contribution in [2.75, 3.05) is 6.54 Å². The second-order valence-electron chi connectivity index (χ2n) is 7.21. The second kappa shape index (κ2) is 8.99. The summed E-state index contributed by atoms with van der Waals surface area (Å²) in [6, 6.07) is 8.29. The fraction of sp³-hybridized carbons (Fsp3) is 0.600. The number of carbonyl (C=O) groups excluding carboxylic acids is 2. The van der Waals surface area contributed by atoms with E-state index in [4.69, 9.17) is 0 Å². The molecule has 25 heavy (non-hydrogen) atoms. The summed E-state index contributed by atoms with van der Waals surface area (Å²) in [5, 5.41) is 16.3. The van der Waals surface area contributed by atoms with Crippen LogP contribution in [0.5, 0.6) is 0 Å². The van der Waals surface area contributed by atoms with Gasteiger partial charge >= 0.3 is 0 Å². The summed E-state index contributed by atoms with van der Waals surface area (Å²) in [7, 11) is 0. The van der Waals surface area contributed by atoms with E-state index in [1.807, 2.05) is 19.9 Å². The molecule has 138 valence electrons. The summed E-state index contributed by atoms with van der Waals surface area (Å²) in [6.07, 6.45) is 5.34. The molecule has 0 heterocycles. The van der Waals surface area contributed by atoms with Crippen LogP contribution in [-0.2, 0) is 4.79 Å². The van der Waals surface area contributed by atoms with Gasteiger partial charge < -0.3 is 15.7 Å². The first-order chi connectivity index (χ1) is 11.9. The molecule has 2 atom stereocenters. The van der Waals surface area contributed by atoms with Crippen molar-refractivity contribution in [1.82, 2.24) is 10.6 Å². The van der Waals surface area contributed by atoms with Crippen LogP contribution in [0.2, 0.25) is 0 Å². The maximum Gasteiger partial charge on any atom is 0.251 e. The van der Waals surface area contributed by atoms with Gasteiger partial charge in [-0.1, -0.05) is 57.7 Å². The maximum absolute atomic E-state index is 12.7. The SMILES string of the molecule is CCC(C)C(NC(=O)c1ccccc1)C(=O)NCC1(O)CCCCC1. The normalized spacial score (nSPS) is 18.8. The lowest BCUT2D eigenvalue weighted by atomic mass is 9.84. The lowest BCUT2D eigenvalue weighted by molar-refractivity contribution is -0.125. The minimum absolute atomic E-state index is 0.00802. The predicted octanol–water partition coefficient (Wildman–Crippen LogP) is 2.64. The van der Waals surface area contributed by atoms with Crippen molar-refractivity contribution in [2.24, 2.45) is 5.92 Å². The molecule has 0 saturated heterocycles. The van der Waals surface area contributed by atoms with Crippen molar-refractivity contribution < 1.29 is 14.7 Å². The van der Waals surface area contributed by atoms with E-state index in [1.165, 1.54) is 0 Å². The third kappa shape index (κ3) is 5.56. The molecule has 1 saturated carbocycles. The average Bonchev–Trinajstić information content (AvgIpc) is 2.64. The third-order valence-corrected chi connectivity index (χ3v) is 5.19. The van der Waals surface area contributed by atoms with Crippen LogP contribution in [-0.4, -0.2) is 35.1 Å². The zero-order valence-corrected chi connectivity index (χ0v) is 15.3. The largest absolute Gasteiger partial charge is 0.388 e. The zero-order chi connectivity index (χ0) is 18.3. The molecule has 2 rings (SSSR count). The van der Waals surface area contributed by atoms with Gasteiger partial charge in [-0.15, -0.1) is 0 Å². The summed E-state index contributed by atoms with van der Waals surface area (Å²) in [5.41, 5.74) is -0.272. The number of rotatable bonds is 7. The van der Waals surface area contributed by atoms with Gasteiger partial charge in [-0.25, -0.2) is 0 Å². The highest BCUT2D eigenvalue weighted by molar-refractivity contribution is 5.97. The lowest BCUT2D eigenvalue weighted by Crippen LogP contribution is -2.53. The van der Waals surface area contributed by atoms with Crippen LogP contribution in [0.4, 0.5) is 0 Å². The molecule has 0 bridgehead atoms. The molecule has 1 aliphatic rings. The van der Waals surface area contributed by atoms with E-state index in [2.05, 4.69) is 10.6 Å². The smallest absolute Gasteiger partial charge is 0.251 e. The minimum Gasteiger partial charge on any atom is -0.388 e. The Hall–Kier alpha value is -1.88. The molecule has 2 unspecified atom stereocenters. The molecule has 2 amide bonds. The minimum atomic E-state index is -0.808. The summed E-state index contributed by atoms with van der Waals surface area (Å²) in [4.78, 5) is 25.1. The van der Waals surface area contributed by atoms with Crippen molar-refractivity contribution in [3.63, 3.8) is 0 Å². The fourth-order valence-corrected chi connectivity index (χ4v) is 3.26. The van der Waals surface area contributed by atoms with E-state index in [0.29, 0.717) is 5.56 Å². The summed E-state index contributed by atoms with van der Waals surface area (Å²) in [6.45, 7) is 4.19. The number of benzene rings is 1. The molecule has 5 heteroatoms. The van der Waals surface area contributed by atoms with E-state index < -0.39 is 11.6 Å². The quantitative estimate of drug-likeness (QED) is 0.710. The molecular weight excluding hydrogens is 316 g/mol. The van der Waals surface area contributed by atoms with Gasteiger partial charge in [-0.3, -0.25) is 9.59 Å². The molecule has 0 radical (unpaired) electrons. The maximum atomic E-state index is 12.7. The average molecular weight is 346 g/mol. The van der Waals surface area contributed by atoms with Gasteiger partial charge in [0.25, 0.3) is 5.91 Å². The van der Waals surface area contributed by atoms with E-state index in [9.17, 15) is 14.7 Å². The number of aliphatic hydroxyl groups is 1. The Kier molecular flexibility index (Phi) is 7.00. The van der Waals surface area contributed by atoms with Gasteiger partial charge in [0.1, 0.15) is 6.04 Å². The van der Waals surface area contributed by atoms with E-state index >= 15 is 0 Å². The van der Waals surface area contributed by atoms with Gasteiger partial charge in [0, 0.05) is 12.1 Å². The van der Waals surface area contributed by atoms with E-state index in [0.717, 1.165) is 38.5 Å². The molecule has 0 spiro atoms. The van der Waals surface area contributed by atoms with Gasteiger partial charge in [-0.05, 0) is 30.9 Å². The van der Waals surface area contributed by atoms with Crippen LogP contribution in [0.25, 0.3) is 0 Å². The van der Waals surface area contributed by atoms with Crippen LogP contribution < -0.4 is 10.6 Å². The number of hydrogen-bond acceptors (Lipinski definition) is 3. The van der Waals surface area contributed by atoms with Crippen molar-refractivity contribution >= 4 is 11.8 Å². The topological polar surface area (TPSA) is 78.4 Å². The summed E-state index contributed by atoms with van der Waals surface area (Å²) in [5.74, 6) is -0.469. The first kappa shape index (κ1) is 19.4. The van der Waals surface area contributed by atoms with Crippen molar-refractivity contribution in [2.45, 2.75) is 64.0 Å². The molecule has 1 aromatic carbocycles. The Labute approximate surface area is 150 Å². The Morgan fingerprint density at radius 1 is 1.16 bits per heavy atom. The number of carbonyl (C=O) groups is 2. The van der Waals surface area contributed by atoms with Crippen LogP contribution >= 0.6 is 0 Å². The molecule has 1 aliphatic carbocycles. The first-order valence-corrected chi connectivity index (χ1v) is 9.31.